The predicted molar refractivity (Wildman–Crippen MR) is 60.7 cm³/mol. The SMILES string of the molecule is C/C=C/C1=NNC2CC(C)(C)CC(=O)C12. The molecule has 2 unspecified atom stereocenters. The van der Waals surface area contributed by atoms with Crippen LogP contribution in [0.4, 0.5) is 0 Å². The van der Waals surface area contributed by atoms with Gasteiger partial charge in [-0.2, -0.15) is 5.10 Å². The number of rotatable bonds is 1. The highest BCUT2D eigenvalue weighted by molar-refractivity contribution is 6.12. The Labute approximate surface area is 90.6 Å². The molecule has 1 fully saturated rings. The zero-order chi connectivity index (χ0) is 11.1. The zero-order valence-corrected chi connectivity index (χ0v) is 9.58. The molecule has 1 N–H and O–H groups in total. The van der Waals surface area contributed by atoms with Gasteiger partial charge in [-0.15, -0.1) is 0 Å². The lowest BCUT2D eigenvalue weighted by Gasteiger charge is -2.35. The average molecular weight is 206 g/mol. The summed E-state index contributed by atoms with van der Waals surface area (Å²) in [7, 11) is 0. The van der Waals surface area contributed by atoms with Gasteiger partial charge in [-0.05, 0) is 24.8 Å². The second-order valence-corrected chi connectivity index (χ2v) is 5.26. The number of fused-ring (bicyclic) bond motifs is 1. The highest BCUT2D eigenvalue weighted by Gasteiger charge is 2.44. The largest absolute Gasteiger partial charge is 0.306 e. The zero-order valence-electron chi connectivity index (χ0n) is 9.58. The minimum absolute atomic E-state index is 0.00535. The molecule has 2 atom stereocenters. The summed E-state index contributed by atoms with van der Waals surface area (Å²) in [5, 5.41) is 4.24. The molecule has 82 valence electrons. The van der Waals surface area contributed by atoms with E-state index in [-0.39, 0.29) is 17.4 Å². The number of hydrazone groups is 1. The number of allylic oxidation sites excluding steroid dienone is 2. The van der Waals surface area contributed by atoms with Crippen molar-refractivity contribution in [3.05, 3.63) is 12.2 Å². The lowest BCUT2D eigenvalue weighted by atomic mass is 9.69. The summed E-state index contributed by atoms with van der Waals surface area (Å²) in [5.41, 5.74) is 4.12. The Morgan fingerprint density at radius 1 is 1.53 bits per heavy atom. The molecule has 3 nitrogen and oxygen atoms in total. The van der Waals surface area contributed by atoms with Crippen molar-refractivity contribution in [3.8, 4) is 0 Å². The van der Waals surface area contributed by atoms with Crippen LogP contribution in [0.25, 0.3) is 0 Å². The third-order valence-electron chi connectivity index (χ3n) is 3.19. The maximum absolute atomic E-state index is 12.0. The summed E-state index contributed by atoms with van der Waals surface area (Å²) in [5.74, 6) is 0.326. The Hall–Kier alpha value is -1.12. The molecule has 0 aromatic carbocycles. The van der Waals surface area contributed by atoms with Gasteiger partial charge in [0, 0.05) is 6.42 Å². The fraction of sp³-hybridized carbons (Fsp3) is 0.667. The van der Waals surface area contributed by atoms with Crippen molar-refractivity contribution in [2.24, 2.45) is 16.4 Å². The van der Waals surface area contributed by atoms with E-state index < -0.39 is 0 Å². The Bertz CT molecular complexity index is 342. The average Bonchev–Trinajstić information content (AvgIpc) is 2.46. The van der Waals surface area contributed by atoms with Gasteiger partial charge in [0.05, 0.1) is 17.7 Å². The highest BCUT2D eigenvalue weighted by atomic mass is 16.1. The number of hydrogen-bond donors (Lipinski definition) is 1. The molecule has 1 aliphatic heterocycles. The molecule has 1 saturated carbocycles. The summed E-state index contributed by atoms with van der Waals surface area (Å²) >= 11 is 0. The number of hydrogen-bond acceptors (Lipinski definition) is 3. The van der Waals surface area contributed by atoms with Crippen LogP contribution in [0.1, 0.15) is 33.6 Å². The van der Waals surface area contributed by atoms with E-state index in [1.54, 1.807) is 0 Å². The summed E-state index contributed by atoms with van der Waals surface area (Å²) in [6.07, 6.45) is 5.57. The number of Topliss-reactive ketones (excluding diaryl/α,β-unsaturated/α-hetero) is 1. The summed E-state index contributed by atoms with van der Waals surface area (Å²) in [6.45, 7) is 6.25. The smallest absolute Gasteiger partial charge is 0.144 e. The minimum atomic E-state index is -0.00535. The molecule has 0 saturated heterocycles. The molecule has 2 aliphatic rings. The molecule has 0 bridgehead atoms. The lowest BCUT2D eigenvalue weighted by molar-refractivity contribution is -0.126. The summed E-state index contributed by atoms with van der Waals surface area (Å²) < 4.78 is 0. The number of carbonyl (C=O) groups is 1. The van der Waals surface area contributed by atoms with Gasteiger partial charge in [-0.1, -0.05) is 19.9 Å². The molecule has 1 heterocycles. The van der Waals surface area contributed by atoms with Crippen molar-refractivity contribution in [1.29, 1.82) is 0 Å². The van der Waals surface area contributed by atoms with Gasteiger partial charge in [-0.3, -0.25) is 4.79 Å². The van der Waals surface area contributed by atoms with E-state index in [1.807, 2.05) is 19.1 Å². The molecule has 15 heavy (non-hydrogen) atoms. The van der Waals surface area contributed by atoms with Gasteiger partial charge >= 0.3 is 0 Å². The van der Waals surface area contributed by atoms with Crippen LogP contribution in [-0.2, 0) is 4.79 Å². The first-order valence-electron chi connectivity index (χ1n) is 5.52. The highest BCUT2D eigenvalue weighted by Crippen LogP contribution is 2.38. The standard InChI is InChI=1S/C12H18N2O/c1-4-5-8-11-9(14-13-8)6-12(2,3)7-10(11)15/h4-5,9,11,14H,6-7H2,1-3H3/b5-4+. The lowest BCUT2D eigenvalue weighted by Crippen LogP contribution is -2.45. The number of ketones is 1. The maximum Gasteiger partial charge on any atom is 0.144 e. The van der Waals surface area contributed by atoms with E-state index in [1.165, 1.54) is 0 Å². The molecule has 0 aromatic rings. The van der Waals surface area contributed by atoms with Crippen molar-refractivity contribution >= 4 is 11.5 Å². The minimum Gasteiger partial charge on any atom is -0.306 e. The van der Waals surface area contributed by atoms with Gasteiger partial charge in [0.25, 0.3) is 0 Å². The number of nitrogens with zero attached hydrogens (tertiary/aromatic N) is 1. The van der Waals surface area contributed by atoms with Gasteiger partial charge < -0.3 is 5.43 Å². The van der Waals surface area contributed by atoms with Gasteiger partial charge in [0.2, 0.25) is 0 Å². The van der Waals surface area contributed by atoms with Crippen LogP contribution in [0, 0.1) is 11.3 Å². The molecule has 0 radical (unpaired) electrons. The van der Waals surface area contributed by atoms with Crippen LogP contribution in [0.15, 0.2) is 17.3 Å². The molecule has 3 heteroatoms. The number of carbonyl (C=O) groups excluding carboxylic acids is 1. The first kappa shape index (κ1) is 10.4. The monoisotopic (exact) mass is 206 g/mol. The van der Waals surface area contributed by atoms with Crippen LogP contribution < -0.4 is 5.43 Å². The van der Waals surface area contributed by atoms with E-state index >= 15 is 0 Å². The first-order chi connectivity index (χ1) is 7.03. The Kier molecular flexibility index (Phi) is 2.41. The van der Waals surface area contributed by atoms with Crippen LogP contribution in [0.5, 0.6) is 0 Å². The van der Waals surface area contributed by atoms with Crippen LogP contribution in [-0.4, -0.2) is 17.5 Å². The molecular weight excluding hydrogens is 188 g/mol. The summed E-state index contributed by atoms with van der Waals surface area (Å²) in [4.78, 5) is 12.0. The van der Waals surface area contributed by atoms with Gasteiger partial charge in [-0.25, -0.2) is 0 Å². The normalized spacial score (nSPS) is 33.8. The molecule has 2 rings (SSSR count). The quantitative estimate of drug-likeness (QED) is 0.712. The van der Waals surface area contributed by atoms with Crippen molar-refractivity contribution in [2.45, 2.75) is 39.7 Å². The summed E-state index contributed by atoms with van der Waals surface area (Å²) in [6, 6.07) is 0.215. The van der Waals surface area contributed by atoms with E-state index in [4.69, 9.17) is 0 Å². The van der Waals surface area contributed by atoms with E-state index in [9.17, 15) is 4.79 Å². The molecule has 0 spiro atoms. The van der Waals surface area contributed by atoms with Gasteiger partial charge in [0.1, 0.15) is 5.78 Å². The molecule has 0 amide bonds. The molecule has 0 aromatic heterocycles. The second kappa shape index (κ2) is 3.47. The molecular formula is C12H18N2O. The third kappa shape index (κ3) is 1.83. The topological polar surface area (TPSA) is 41.5 Å². The van der Waals surface area contributed by atoms with E-state index in [0.29, 0.717) is 12.2 Å². The van der Waals surface area contributed by atoms with E-state index in [0.717, 1.165) is 12.1 Å². The van der Waals surface area contributed by atoms with Crippen molar-refractivity contribution in [1.82, 2.24) is 5.43 Å². The van der Waals surface area contributed by atoms with Crippen LogP contribution >= 0.6 is 0 Å². The Balaban J connectivity index is 2.21. The Morgan fingerprint density at radius 3 is 2.93 bits per heavy atom. The Morgan fingerprint density at radius 2 is 2.27 bits per heavy atom. The maximum atomic E-state index is 12.0. The van der Waals surface area contributed by atoms with Crippen molar-refractivity contribution in [2.75, 3.05) is 0 Å². The van der Waals surface area contributed by atoms with Crippen molar-refractivity contribution < 1.29 is 4.79 Å². The predicted octanol–water partition coefficient (Wildman–Crippen LogP) is 1.90. The third-order valence-corrected chi connectivity index (χ3v) is 3.19. The van der Waals surface area contributed by atoms with Crippen LogP contribution in [0.2, 0.25) is 0 Å². The fourth-order valence-electron chi connectivity index (χ4n) is 2.62. The van der Waals surface area contributed by atoms with Gasteiger partial charge in [0.15, 0.2) is 0 Å². The fourth-order valence-corrected chi connectivity index (χ4v) is 2.62. The molecule has 1 aliphatic carbocycles. The van der Waals surface area contributed by atoms with Crippen molar-refractivity contribution in [3.63, 3.8) is 0 Å². The first-order valence-corrected chi connectivity index (χ1v) is 5.52. The number of nitrogens with one attached hydrogen (secondary N) is 1. The second-order valence-electron chi connectivity index (χ2n) is 5.26. The van der Waals surface area contributed by atoms with E-state index in [2.05, 4.69) is 24.4 Å². The van der Waals surface area contributed by atoms with Crippen LogP contribution in [0.3, 0.4) is 0 Å².